The molecule has 2 atom stereocenters. The number of methoxy groups -OCH3 is 1. The van der Waals surface area contributed by atoms with Gasteiger partial charge in [-0.1, -0.05) is 18.2 Å². The van der Waals surface area contributed by atoms with Gasteiger partial charge in [0.05, 0.1) is 5.60 Å². The highest BCUT2D eigenvalue weighted by Gasteiger charge is 2.36. The van der Waals surface area contributed by atoms with E-state index < -0.39 is 17.1 Å². The highest BCUT2D eigenvalue weighted by atomic mass is 32.2. The van der Waals surface area contributed by atoms with Crippen molar-refractivity contribution in [2.24, 2.45) is 0 Å². The fourth-order valence-electron chi connectivity index (χ4n) is 3.50. The van der Waals surface area contributed by atoms with E-state index in [9.17, 15) is 4.21 Å². The molecule has 2 aliphatic heterocycles. The molecule has 5 nitrogen and oxygen atoms in total. The number of fused-ring (bicyclic) bond motifs is 1. The van der Waals surface area contributed by atoms with Crippen LogP contribution >= 0.6 is 0 Å². The summed E-state index contributed by atoms with van der Waals surface area (Å²) in [5, 5.41) is 0. The van der Waals surface area contributed by atoms with Gasteiger partial charge in [0.15, 0.2) is 11.5 Å². The van der Waals surface area contributed by atoms with Crippen LogP contribution in [0.3, 0.4) is 0 Å². The Balaban J connectivity index is 1.57. The average Bonchev–Trinajstić information content (AvgIpc) is 3.12. The summed E-state index contributed by atoms with van der Waals surface area (Å²) in [6.45, 7) is 1.38. The number of rotatable bonds is 4. The molecule has 1 fully saturated rings. The van der Waals surface area contributed by atoms with Crippen molar-refractivity contribution in [2.45, 2.75) is 29.6 Å². The fourth-order valence-corrected chi connectivity index (χ4v) is 4.02. The molecule has 2 heterocycles. The summed E-state index contributed by atoms with van der Waals surface area (Å²) >= 11 is 0. The lowest BCUT2D eigenvalue weighted by atomic mass is 9.86. The quantitative estimate of drug-likeness (QED) is 0.819. The smallest absolute Gasteiger partial charge is 0.267 e. The second-order valence-corrected chi connectivity index (χ2v) is 7.94. The largest absolute Gasteiger partial charge is 0.447 e. The van der Waals surface area contributed by atoms with Crippen molar-refractivity contribution in [3.63, 3.8) is 0 Å². The Morgan fingerprint density at radius 3 is 2.38 bits per heavy atom. The van der Waals surface area contributed by atoms with Crippen LogP contribution in [-0.2, 0) is 25.9 Å². The fraction of sp³-hybridized carbons (Fsp3) is 0.400. The van der Waals surface area contributed by atoms with E-state index in [1.807, 2.05) is 42.5 Å². The molecule has 138 valence electrons. The van der Waals surface area contributed by atoms with E-state index in [2.05, 4.69) is 0 Å². The Morgan fingerprint density at radius 1 is 1.04 bits per heavy atom. The molecular formula is C20H22O5S. The van der Waals surface area contributed by atoms with Crippen LogP contribution in [-0.4, -0.2) is 30.8 Å². The predicted molar refractivity (Wildman–Crippen MR) is 98.0 cm³/mol. The van der Waals surface area contributed by atoms with Gasteiger partial charge in [-0.25, -0.2) is 0 Å². The van der Waals surface area contributed by atoms with Crippen LogP contribution in [0.25, 0.3) is 0 Å². The Labute approximate surface area is 155 Å². The van der Waals surface area contributed by atoms with Crippen molar-refractivity contribution in [2.75, 3.05) is 26.6 Å². The molecule has 0 saturated carbocycles. The molecule has 0 N–H and O–H groups in total. The topological polar surface area (TPSA) is 54.0 Å². The standard InChI is InChI=1S/C20H22O5S/c1-22-20(9-11-23-12-10-20)15-5-8-17-18(13-15)25-19(24-17)14-3-6-16(7-4-14)26(2)21/h3-8,13,19H,9-12H2,1-2H3. The van der Waals surface area contributed by atoms with Crippen LogP contribution in [0.2, 0.25) is 0 Å². The van der Waals surface area contributed by atoms with E-state index in [4.69, 9.17) is 18.9 Å². The lowest BCUT2D eigenvalue weighted by molar-refractivity contribution is -0.0948. The SMILES string of the molecule is COC1(c2ccc3c(c2)OC(c2ccc(S(C)=O)cc2)O3)CCOCC1. The summed E-state index contributed by atoms with van der Waals surface area (Å²) in [6.07, 6.45) is 2.81. The van der Waals surface area contributed by atoms with Gasteiger partial charge in [-0.3, -0.25) is 4.21 Å². The van der Waals surface area contributed by atoms with Gasteiger partial charge in [0, 0.05) is 60.7 Å². The maximum Gasteiger partial charge on any atom is 0.267 e. The average molecular weight is 374 g/mol. The van der Waals surface area contributed by atoms with Crippen molar-refractivity contribution in [1.29, 1.82) is 0 Å². The molecule has 0 spiro atoms. The summed E-state index contributed by atoms with van der Waals surface area (Å²) in [5.74, 6) is 1.44. The van der Waals surface area contributed by atoms with Gasteiger partial charge in [-0.05, 0) is 29.8 Å². The maximum absolute atomic E-state index is 11.5. The Morgan fingerprint density at radius 2 is 1.73 bits per heavy atom. The lowest BCUT2D eigenvalue weighted by Gasteiger charge is -2.36. The van der Waals surface area contributed by atoms with Gasteiger partial charge < -0.3 is 18.9 Å². The molecule has 2 aromatic carbocycles. The van der Waals surface area contributed by atoms with Gasteiger partial charge in [-0.2, -0.15) is 0 Å². The van der Waals surface area contributed by atoms with E-state index >= 15 is 0 Å². The molecule has 4 rings (SSSR count). The Bertz CT molecular complexity index is 811. The summed E-state index contributed by atoms with van der Waals surface area (Å²) in [6, 6.07) is 13.5. The van der Waals surface area contributed by atoms with Crippen molar-refractivity contribution >= 4 is 10.8 Å². The normalized spacial score (nSPS) is 22.2. The highest BCUT2D eigenvalue weighted by Crippen LogP contribution is 2.45. The van der Waals surface area contributed by atoms with E-state index in [-0.39, 0.29) is 5.60 Å². The molecule has 0 aromatic heterocycles. The highest BCUT2D eigenvalue weighted by molar-refractivity contribution is 7.84. The van der Waals surface area contributed by atoms with Gasteiger partial charge in [0.25, 0.3) is 6.29 Å². The minimum absolute atomic E-state index is 0.332. The third kappa shape index (κ3) is 3.13. The van der Waals surface area contributed by atoms with Gasteiger partial charge >= 0.3 is 0 Å². The predicted octanol–water partition coefficient (Wildman–Crippen LogP) is 3.55. The van der Waals surface area contributed by atoms with E-state index in [0.717, 1.165) is 40.4 Å². The molecule has 1 saturated heterocycles. The minimum Gasteiger partial charge on any atom is -0.447 e. The van der Waals surface area contributed by atoms with Crippen molar-refractivity contribution < 1.29 is 23.2 Å². The molecule has 6 heteroatoms. The zero-order chi connectivity index (χ0) is 18.1. The number of hydrogen-bond donors (Lipinski definition) is 0. The molecule has 0 radical (unpaired) electrons. The van der Waals surface area contributed by atoms with Crippen LogP contribution in [0.1, 0.15) is 30.3 Å². The van der Waals surface area contributed by atoms with Crippen molar-refractivity contribution in [3.8, 4) is 11.5 Å². The monoisotopic (exact) mass is 374 g/mol. The summed E-state index contributed by atoms with van der Waals surface area (Å²) in [7, 11) is 0.752. The van der Waals surface area contributed by atoms with Crippen molar-refractivity contribution in [3.05, 3.63) is 53.6 Å². The zero-order valence-electron chi connectivity index (χ0n) is 14.9. The van der Waals surface area contributed by atoms with Crippen LogP contribution in [0.5, 0.6) is 11.5 Å². The lowest BCUT2D eigenvalue weighted by Crippen LogP contribution is -2.35. The van der Waals surface area contributed by atoms with Crippen LogP contribution < -0.4 is 9.47 Å². The van der Waals surface area contributed by atoms with E-state index in [0.29, 0.717) is 13.2 Å². The molecule has 2 aliphatic rings. The van der Waals surface area contributed by atoms with E-state index in [1.54, 1.807) is 13.4 Å². The third-order valence-corrected chi connectivity index (χ3v) is 6.05. The van der Waals surface area contributed by atoms with Gasteiger partial charge in [-0.15, -0.1) is 0 Å². The first-order valence-electron chi connectivity index (χ1n) is 8.65. The summed E-state index contributed by atoms with van der Waals surface area (Å²) in [4.78, 5) is 0.785. The minimum atomic E-state index is -0.996. The number of benzene rings is 2. The summed E-state index contributed by atoms with van der Waals surface area (Å²) in [5.41, 5.74) is 1.65. The zero-order valence-corrected chi connectivity index (χ0v) is 15.7. The first kappa shape index (κ1) is 17.5. The van der Waals surface area contributed by atoms with Crippen LogP contribution in [0.15, 0.2) is 47.4 Å². The molecular weight excluding hydrogens is 352 g/mol. The summed E-state index contributed by atoms with van der Waals surface area (Å²) < 4.78 is 34.8. The number of hydrogen-bond acceptors (Lipinski definition) is 5. The van der Waals surface area contributed by atoms with E-state index in [1.165, 1.54) is 0 Å². The second-order valence-electron chi connectivity index (χ2n) is 6.56. The maximum atomic E-state index is 11.5. The first-order valence-corrected chi connectivity index (χ1v) is 10.2. The molecule has 0 bridgehead atoms. The van der Waals surface area contributed by atoms with Crippen LogP contribution in [0.4, 0.5) is 0 Å². The van der Waals surface area contributed by atoms with Gasteiger partial charge in [0.1, 0.15) is 0 Å². The number of ether oxygens (including phenoxy) is 4. The van der Waals surface area contributed by atoms with Crippen LogP contribution in [0, 0.1) is 0 Å². The Kier molecular flexibility index (Phi) is 4.73. The molecule has 2 aromatic rings. The molecule has 0 aliphatic carbocycles. The van der Waals surface area contributed by atoms with Crippen molar-refractivity contribution in [1.82, 2.24) is 0 Å². The van der Waals surface area contributed by atoms with Gasteiger partial charge in [0.2, 0.25) is 0 Å². The first-order chi connectivity index (χ1) is 12.6. The molecule has 0 amide bonds. The second kappa shape index (κ2) is 7.02. The molecule has 2 unspecified atom stereocenters. The Hall–Kier alpha value is -1.89. The molecule has 26 heavy (non-hydrogen) atoms. The third-order valence-electron chi connectivity index (χ3n) is 5.11.